The predicted molar refractivity (Wildman–Crippen MR) is 167 cm³/mol. The SMILES string of the molecule is CCCCCCCCCNC(=O)n1c(=O)oc2c(N3CCN(Cc4cccc(-c5ccccc5)c4)CC3)cccc21. The van der Waals surface area contributed by atoms with Gasteiger partial charge in [-0.15, -0.1) is 0 Å². The molecule has 1 saturated heterocycles. The molecule has 0 atom stereocenters. The summed E-state index contributed by atoms with van der Waals surface area (Å²) in [5.41, 5.74) is 5.63. The van der Waals surface area contributed by atoms with Crippen LogP contribution in [0, 0.1) is 0 Å². The number of rotatable bonds is 12. The number of piperazine rings is 1. The summed E-state index contributed by atoms with van der Waals surface area (Å²) in [6.07, 6.45) is 8.22. The number of amides is 1. The van der Waals surface area contributed by atoms with E-state index < -0.39 is 11.8 Å². The van der Waals surface area contributed by atoms with Crippen molar-refractivity contribution in [2.75, 3.05) is 37.6 Å². The lowest BCUT2D eigenvalue weighted by atomic mass is 10.0. The lowest BCUT2D eigenvalue weighted by Crippen LogP contribution is -2.46. The van der Waals surface area contributed by atoms with Gasteiger partial charge in [-0.05, 0) is 41.3 Å². The van der Waals surface area contributed by atoms with Crippen molar-refractivity contribution in [1.82, 2.24) is 14.8 Å². The highest BCUT2D eigenvalue weighted by atomic mass is 16.4. The van der Waals surface area contributed by atoms with Crippen LogP contribution in [-0.4, -0.2) is 48.2 Å². The highest BCUT2D eigenvalue weighted by molar-refractivity contribution is 5.94. The zero-order chi connectivity index (χ0) is 28.4. The Morgan fingerprint density at radius 3 is 2.29 bits per heavy atom. The Morgan fingerprint density at radius 1 is 0.805 bits per heavy atom. The normalized spacial score (nSPS) is 14.0. The first-order chi connectivity index (χ1) is 20.1. The van der Waals surface area contributed by atoms with Crippen LogP contribution >= 0.6 is 0 Å². The van der Waals surface area contributed by atoms with Gasteiger partial charge in [0.2, 0.25) is 0 Å². The molecule has 1 aliphatic rings. The van der Waals surface area contributed by atoms with Crippen molar-refractivity contribution < 1.29 is 9.21 Å². The summed E-state index contributed by atoms with van der Waals surface area (Å²) in [4.78, 5) is 30.4. The number of unbranched alkanes of at least 4 members (excludes halogenated alkanes) is 6. The maximum absolute atomic E-state index is 12.9. The molecule has 0 radical (unpaired) electrons. The molecule has 7 heteroatoms. The Balaban J connectivity index is 1.17. The van der Waals surface area contributed by atoms with Crippen molar-refractivity contribution in [2.45, 2.75) is 58.4 Å². The van der Waals surface area contributed by atoms with Gasteiger partial charge in [-0.2, -0.15) is 4.57 Å². The molecule has 3 aromatic carbocycles. The second-order valence-electron chi connectivity index (χ2n) is 11.0. The molecule has 1 amide bonds. The molecule has 41 heavy (non-hydrogen) atoms. The molecule has 1 fully saturated rings. The van der Waals surface area contributed by atoms with Gasteiger partial charge in [0.25, 0.3) is 0 Å². The summed E-state index contributed by atoms with van der Waals surface area (Å²) in [6, 6.07) is 24.5. The smallest absolute Gasteiger partial charge is 0.405 e. The maximum atomic E-state index is 12.9. The third kappa shape index (κ3) is 7.27. The molecule has 5 rings (SSSR count). The zero-order valence-corrected chi connectivity index (χ0v) is 24.2. The number of oxazole rings is 1. The summed E-state index contributed by atoms with van der Waals surface area (Å²) >= 11 is 0. The average Bonchev–Trinajstić information content (AvgIpc) is 3.35. The molecular weight excluding hydrogens is 512 g/mol. The van der Waals surface area contributed by atoms with Crippen LogP contribution in [0.25, 0.3) is 22.2 Å². The maximum Gasteiger partial charge on any atom is 0.428 e. The lowest BCUT2D eigenvalue weighted by molar-refractivity contribution is 0.241. The van der Waals surface area contributed by atoms with Gasteiger partial charge in [-0.1, -0.05) is 100 Å². The molecule has 0 spiro atoms. The van der Waals surface area contributed by atoms with E-state index in [-0.39, 0.29) is 0 Å². The first kappa shape index (κ1) is 28.7. The van der Waals surface area contributed by atoms with E-state index in [0.29, 0.717) is 17.6 Å². The number of hydrogen-bond acceptors (Lipinski definition) is 5. The fraction of sp³-hybridized carbons (Fsp3) is 0.412. The number of aromatic nitrogens is 1. The Bertz CT molecular complexity index is 1470. The Morgan fingerprint density at radius 2 is 1.51 bits per heavy atom. The van der Waals surface area contributed by atoms with E-state index in [9.17, 15) is 9.59 Å². The van der Waals surface area contributed by atoms with Crippen molar-refractivity contribution in [1.29, 1.82) is 0 Å². The lowest BCUT2D eigenvalue weighted by Gasteiger charge is -2.36. The van der Waals surface area contributed by atoms with Crippen LogP contribution in [0.4, 0.5) is 10.5 Å². The molecule has 0 aliphatic carbocycles. The number of anilines is 1. The Hall–Kier alpha value is -3.84. The van der Waals surface area contributed by atoms with E-state index in [4.69, 9.17) is 4.42 Å². The molecule has 1 aromatic heterocycles. The van der Waals surface area contributed by atoms with E-state index in [1.165, 1.54) is 48.8 Å². The van der Waals surface area contributed by atoms with Crippen LogP contribution < -0.4 is 16.0 Å². The van der Waals surface area contributed by atoms with Gasteiger partial charge >= 0.3 is 11.8 Å². The van der Waals surface area contributed by atoms with Crippen LogP contribution in [0.3, 0.4) is 0 Å². The number of nitrogens with zero attached hydrogens (tertiary/aromatic N) is 3. The van der Waals surface area contributed by atoms with E-state index in [1.54, 1.807) is 6.07 Å². The van der Waals surface area contributed by atoms with Crippen molar-refractivity contribution in [3.05, 3.63) is 88.9 Å². The molecule has 0 unspecified atom stereocenters. The van der Waals surface area contributed by atoms with Crippen molar-refractivity contribution >= 4 is 22.8 Å². The van der Waals surface area contributed by atoms with Crippen LogP contribution in [0.5, 0.6) is 0 Å². The van der Waals surface area contributed by atoms with E-state index >= 15 is 0 Å². The number of hydrogen-bond donors (Lipinski definition) is 1. The monoisotopic (exact) mass is 554 g/mol. The largest absolute Gasteiger partial charge is 0.428 e. The second kappa shape index (κ2) is 14.2. The average molecular weight is 555 g/mol. The quantitative estimate of drug-likeness (QED) is 0.193. The first-order valence-electron chi connectivity index (χ1n) is 15.2. The molecule has 0 bridgehead atoms. The van der Waals surface area contributed by atoms with E-state index in [2.05, 4.69) is 70.6 Å². The number of nitrogens with one attached hydrogen (secondary N) is 1. The van der Waals surface area contributed by atoms with Crippen LogP contribution in [0.1, 0.15) is 57.4 Å². The van der Waals surface area contributed by atoms with Crippen molar-refractivity contribution in [2.24, 2.45) is 0 Å². The summed E-state index contributed by atoms with van der Waals surface area (Å²) in [6.45, 7) is 7.10. The fourth-order valence-electron chi connectivity index (χ4n) is 5.71. The molecule has 0 saturated carbocycles. The van der Waals surface area contributed by atoms with E-state index in [0.717, 1.165) is 55.8 Å². The third-order valence-corrected chi connectivity index (χ3v) is 8.00. The van der Waals surface area contributed by atoms with Gasteiger partial charge in [0, 0.05) is 39.3 Å². The number of fused-ring (bicyclic) bond motifs is 1. The molecule has 7 nitrogen and oxygen atoms in total. The van der Waals surface area contributed by atoms with Crippen LogP contribution in [0.2, 0.25) is 0 Å². The van der Waals surface area contributed by atoms with Crippen LogP contribution in [-0.2, 0) is 6.54 Å². The molecule has 4 aromatic rings. The van der Waals surface area contributed by atoms with Gasteiger partial charge in [0.1, 0.15) is 5.52 Å². The van der Waals surface area contributed by atoms with E-state index in [1.807, 2.05) is 18.2 Å². The molecule has 1 N–H and O–H groups in total. The Kier molecular flexibility index (Phi) is 9.91. The highest BCUT2D eigenvalue weighted by Crippen LogP contribution is 2.28. The van der Waals surface area contributed by atoms with Crippen molar-refractivity contribution in [3.63, 3.8) is 0 Å². The minimum absolute atomic E-state index is 0.417. The van der Waals surface area contributed by atoms with Gasteiger partial charge < -0.3 is 14.6 Å². The van der Waals surface area contributed by atoms with Crippen LogP contribution in [0.15, 0.2) is 82.0 Å². The number of carbonyl (C=O) groups is 1. The number of benzene rings is 3. The fourth-order valence-corrected chi connectivity index (χ4v) is 5.71. The molecular formula is C34H42N4O3. The predicted octanol–water partition coefficient (Wildman–Crippen LogP) is 6.89. The third-order valence-electron chi connectivity index (χ3n) is 8.00. The topological polar surface area (TPSA) is 70.7 Å². The van der Waals surface area contributed by atoms with Gasteiger partial charge in [0.05, 0.1) is 5.69 Å². The minimum atomic E-state index is -0.638. The summed E-state index contributed by atoms with van der Waals surface area (Å²) in [7, 11) is 0. The van der Waals surface area contributed by atoms with Gasteiger partial charge in [-0.3, -0.25) is 4.90 Å². The highest BCUT2D eigenvalue weighted by Gasteiger charge is 2.23. The minimum Gasteiger partial charge on any atom is -0.405 e. The second-order valence-corrected chi connectivity index (χ2v) is 11.0. The standard InChI is InChI=1S/C34H42N4O3/c1-2-3-4-5-6-7-11-20-35-33(39)38-31-19-13-18-30(32(31)41-34(38)40)37-23-21-36(22-24-37)26-27-14-12-17-29(25-27)28-15-9-8-10-16-28/h8-10,12-19,25H,2-7,11,20-24,26H2,1H3,(H,35,39). The summed E-state index contributed by atoms with van der Waals surface area (Å²) < 4.78 is 6.79. The molecule has 1 aliphatic heterocycles. The summed E-state index contributed by atoms with van der Waals surface area (Å²) in [5.74, 6) is -0.638. The number of para-hydroxylation sites is 1. The van der Waals surface area contributed by atoms with Gasteiger partial charge in [0.15, 0.2) is 5.58 Å². The van der Waals surface area contributed by atoms with Crippen molar-refractivity contribution in [3.8, 4) is 11.1 Å². The Labute approximate surface area is 242 Å². The van der Waals surface area contributed by atoms with Gasteiger partial charge in [-0.25, -0.2) is 9.59 Å². The zero-order valence-electron chi connectivity index (χ0n) is 24.2. The first-order valence-corrected chi connectivity index (χ1v) is 15.2. The number of carbonyl (C=O) groups excluding carboxylic acids is 1. The summed E-state index contributed by atoms with van der Waals surface area (Å²) in [5, 5.41) is 2.91. The molecule has 2 heterocycles. The molecule has 216 valence electrons.